The zero-order valence-corrected chi connectivity index (χ0v) is 15.9. The predicted octanol–water partition coefficient (Wildman–Crippen LogP) is 6.83. The van der Waals surface area contributed by atoms with E-state index in [9.17, 15) is 8.78 Å². The molecule has 0 saturated heterocycles. The van der Waals surface area contributed by atoms with E-state index in [1.54, 1.807) is 11.0 Å². The van der Waals surface area contributed by atoms with E-state index in [4.69, 9.17) is 11.6 Å². The molecule has 26 heavy (non-hydrogen) atoms. The second kappa shape index (κ2) is 8.81. The molecule has 0 atom stereocenters. The lowest BCUT2D eigenvalue weighted by Gasteiger charge is -2.33. The minimum Gasteiger partial charge on any atom is -0.340 e. The molecule has 0 amide bonds. The van der Waals surface area contributed by atoms with Crippen LogP contribution < -0.4 is 0 Å². The zero-order chi connectivity index (χ0) is 19.3. The fourth-order valence-electron chi connectivity index (χ4n) is 2.87. The number of rotatable bonds is 3. The minimum absolute atomic E-state index is 0.0697. The van der Waals surface area contributed by atoms with Crippen LogP contribution in [-0.4, -0.2) is 11.4 Å². The van der Waals surface area contributed by atoms with Crippen molar-refractivity contribution in [3.8, 4) is 0 Å². The fraction of sp³-hybridized carbons (Fsp3) is 0.182. The van der Waals surface area contributed by atoms with Crippen LogP contribution in [0.4, 0.5) is 8.78 Å². The first-order chi connectivity index (χ1) is 12.5. The standard InChI is InChI=1S/C20H16ClF2N.C2H6/c1-3-24-13(2)16(21)12-15(14-8-5-4-6-9-14)20(24)19-17(22)10-7-11-18(19)23;1-2/h4-12H,2-3H2,1H3;1-2H3. The monoisotopic (exact) mass is 373 g/mol. The van der Waals surface area contributed by atoms with Gasteiger partial charge < -0.3 is 4.90 Å². The molecule has 1 aliphatic heterocycles. The van der Waals surface area contributed by atoms with Crippen molar-refractivity contribution in [1.82, 2.24) is 4.90 Å². The summed E-state index contributed by atoms with van der Waals surface area (Å²) in [5.74, 6) is -1.23. The Hall–Kier alpha value is -2.39. The maximum atomic E-state index is 14.5. The van der Waals surface area contributed by atoms with E-state index in [1.807, 2.05) is 51.1 Å². The lowest BCUT2D eigenvalue weighted by atomic mass is 9.94. The average Bonchev–Trinajstić information content (AvgIpc) is 2.66. The SMILES string of the molecule is C=C1C(Cl)=CC(c2ccccc2)=C(c2c(F)cccc2F)N1CC.CC. The van der Waals surface area contributed by atoms with Crippen LogP contribution in [-0.2, 0) is 0 Å². The molecule has 0 unspecified atom stereocenters. The summed E-state index contributed by atoms with van der Waals surface area (Å²) in [7, 11) is 0. The van der Waals surface area contributed by atoms with Crippen LogP contribution in [0.2, 0.25) is 0 Å². The third-order valence-electron chi connectivity index (χ3n) is 4.00. The van der Waals surface area contributed by atoms with E-state index < -0.39 is 11.6 Å². The zero-order valence-electron chi connectivity index (χ0n) is 15.2. The molecule has 1 heterocycles. The highest BCUT2D eigenvalue weighted by Crippen LogP contribution is 2.41. The van der Waals surface area contributed by atoms with Crippen molar-refractivity contribution in [1.29, 1.82) is 0 Å². The first kappa shape index (κ1) is 19.9. The number of hydrogen-bond donors (Lipinski definition) is 0. The highest BCUT2D eigenvalue weighted by molar-refractivity contribution is 6.33. The Balaban J connectivity index is 0.00000117. The van der Waals surface area contributed by atoms with Gasteiger partial charge in [0.2, 0.25) is 0 Å². The van der Waals surface area contributed by atoms with E-state index in [0.717, 1.165) is 5.56 Å². The molecule has 0 aliphatic carbocycles. The van der Waals surface area contributed by atoms with Gasteiger partial charge in [-0.25, -0.2) is 8.78 Å². The molecule has 1 nitrogen and oxygen atoms in total. The molecule has 0 saturated carbocycles. The summed E-state index contributed by atoms with van der Waals surface area (Å²) in [5.41, 5.74) is 2.39. The Morgan fingerprint density at radius 3 is 2.08 bits per heavy atom. The van der Waals surface area contributed by atoms with Crippen molar-refractivity contribution in [3.63, 3.8) is 0 Å². The molecule has 2 aromatic rings. The lowest BCUT2D eigenvalue weighted by Crippen LogP contribution is -2.25. The van der Waals surface area contributed by atoms with Gasteiger partial charge in [0, 0.05) is 12.1 Å². The average molecular weight is 374 g/mol. The normalized spacial score (nSPS) is 14.0. The molecule has 0 bridgehead atoms. The summed E-state index contributed by atoms with van der Waals surface area (Å²) in [4.78, 5) is 1.74. The van der Waals surface area contributed by atoms with Gasteiger partial charge in [0.15, 0.2) is 0 Å². The molecule has 136 valence electrons. The maximum absolute atomic E-state index is 14.5. The minimum atomic E-state index is -0.615. The molecule has 3 rings (SSSR count). The van der Waals surface area contributed by atoms with Crippen LogP contribution in [0.5, 0.6) is 0 Å². The van der Waals surface area contributed by atoms with Crippen molar-refractivity contribution in [3.05, 3.63) is 94.7 Å². The van der Waals surface area contributed by atoms with Crippen LogP contribution in [0, 0.1) is 11.6 Å². The van der Waals surface area contributed by atoms with Gasteiger partial charge in [0.05, 0.1) is 22.0 Å². The number of hydrogen-bond acceptors (Lipinski definition) is 1. The Kier molecular flexibility index (Phi) is 6.76. The summed E-state index contributed by atoms with van der Waals surface area (Å²) in [6, 6.07) is 13.3. The van der Waals surface area contributed by atoms with Crippen LogP contribution >= 0.6 is 11.6 Å². The van der Waals surface area contributed by atoms with Crippen LogP contribution in [0.25, 0.3) is 11.3 Å². The van der Waals surface area contributed by atoms with Crippen LogP contribution in [0.1, 0.15) is 31.9 Å². The number of halogens is 3. The second-order valence-corrected chi connectivity index (χ2v) is 5.82. The Bertz CT molecular complexity index is 833. The Morgan fingerprint density at radius 1 is 0.962 bits per heavy atom. The molecule has 0 N–H and O–H groups in total. The first-order valence-electron chi connectivity index (χ1n) is 8.62. The molecule has 2 aromatic carbocycles. The van der Waals surface area contributed by atoms with E-state index in [2.05, 4.69) is 6.58 Å². The fourth-order valence-corrected chi connectivity index (χ4v) is 3.08. The second-order valence-electron chi connectivity index (χ2n) is 5.41. The number of likely N-dealkylation sites (N-methyl/N-ethyl adjacent to an activating group) is 1. The van der Waals surface area contributed by atoms with Crippen molar-refractivity contribution in [2.45, 2.75) is 20.8 Å². The van der Waals surface area contributed by atoms with Crippen LogP contribution in [0.3, 0.4) is 0 Å². The van der Waals surface area contributed by atoms with E-state index in [0.29, 0.717) is 28.5 Å². The summed E-state index contributed by atoms with van der Waals surface area (Å²) in [6.07, 6.45) is 1.71. The number of nitrogens with zero attached hydrogens (tertiary/aromatic N) is 1. The smallest absolute Gasteiger partial charge is 0.135 e. The molecule has 0 spiro atoms. The molecule has 1 aliphatic rings. The number of benzene rings is 2. The van der Waals surface area contributed by atoms with E-state index >= 15 is 0 Å². The van der Waals surface area contributed by atoms with Gasteiger partial charge in [-0.2, -0.15) is 0 Å². The largest absolute Gasteiger partial charge is 0.340 e. The molecule has 0 radical (unpaired) electrons. The molecular weight excluding hydrogens is 352 g/mol. The molecule has 4 heteroatoms. The van der Waals surface area contributed by atoms with Crippen molar-refractivity contribution in [2.24, 2.45) is 0 Å². The van der Waals surface area contributed by atoms with Gasteiger partial charge in [-0.15, -0.1) is 0 Å². The molecular formula is C22H22ClF2N. The third kappa shape index (κ3) is 3.73. The number of allylic oxidation sites excluding steroid dienone is 3. The Morgan fingerprint density at radius 2 is 1.54 bits per heavy atom. The third-order valence-corrected chi connectivity index (χ3v) is 4.33. The summed E-state index contributed by atoms with van der Waals surface area (Å²) >= 11 is 6.32. The summed E-state index contributed by atoms with van der Waals surface area (Å²) in [5, 5.41) is 0.455. The van der Waals surface area contributed by atoms with Gasteiger partial charge in [-0.3, -0.25) is 0 Å². The highest BCUT2D eigenvalue weighted by Gasteiger charge is 2.28. The first-order valence-corrected chi connectivity index (χ1v) is 9.00. The molecule has 0 aromatic heterocycles. The highest BCUT2D eigenvalue weighted by atomic mass is 35.5. The van der Waals surface area contributed by atoms with Gasteiger partial charge in [0.1, 0.15) is 11.6 Å². The molecule has 0 fully saturated rings. The predicted molar refractivity (Wildman–Crippen MR) is 106 cm³/mol. The van der Waals surface area contributed by atoms with Crippen molar-refractivity contribution >= 4 is 22.9 Å². The van der Waals surface area contributed by atoms with Gasteiger partial charge in [-0.05, 0) is 30.7 Å². The van der Waals surface area contributed by atoms with Gasteiger partial charge in [0.25, 0.3) is 0 Å². The Labute approximate surface area is 158 Å². The van der Waals surface area contributed by atoms with E-state index in [1.165, 1.54) is 18.2 Å². The van der Waals surface area contributed by atoms with Crippen molar-refractivity contribution in [2.75, 3.05) is 6.54 Å². The van der Waals surface area contributed by atoms with Crippen LogP contribution in [0.15, 0.2) is 71.9 Å². The van der Waals surface area contributed by atoms with Gasteiger partial charge >= 0.3 is 0 Å². The topological polar surface area (TPSA) is 3.24 Å². The van der Waals surface area contributed by atoms with Gasteiger partial charge in [-0.1, -0.05) is 68.4 Å². The lowest BCUT2D eigenvalue weighted by molar-refractivity contribution is 0.508. The maximum Gasteiger partial charge on any atom is 0.135 e. The quantitative estimate of drug-likeness (QED) is 0.569. The van der Waals surface area contributed by atoms with E-state index in [-0.39, 0.29) is 5.56 Å². The van der Waals surface area contributed by atoms with Crippen molar-refractivity contribution < 1.29 is 8.78 Å². The summed E-state index contributed by atoms with van der Waals surface area (Å²) in [6.45, 7) is 10.3. The summed E-state index contributed by atoms with van der Waals surface area (Å²) < 4.78 is 28.9.